The number of amides is 1. The van der Waals surface area contributed by atoms with Gasteiger partial charge in [0.15, 0.2) is 0 Å². The van der Waals surface area contributed by atoms with E-state index in [1.54, 1.807) is 6.20 Å². The summed E-state index contributed by atoms with van der Waals surface area (Å²) in [6.07, 6.45) is 3.19. The Bertz CT molecular complexity index is 1050. The number of nitrogen functional groups attached to an aromatic ring is 1. The first-order valence-electron chi connectivity index (χ1n) is 10.2. The number of anilines is 2. The number of hydrogen-bond acceptors (Lipinski definition) is 6. The Morgan fingerprint density at radius 1 is 1.03 bits per heavy atom. The lowest BCUT2D eigenvalue weighted by atomic mass is 9.89. The van der Waals surface area contributed by atoms with Crippen molar-refractivity contribution in [2.24, 2.45) is 11.8 Å². The first-order chi connectivity index (χ1) is 14.6. The number of fused-ring (bicyclic) bond motifs is 1. The van der Waals surface area contributed by atoms with Gasteiger partial charge in [-0.15, -0.1) is 0 Å². The van der Waals surface area contributed by atoms with E-state index in [2.05, 4.69) is 32.0 Å². The summed E-state index contributed by atoms with van der Waals surface area (Å²) >= 11 is 0. The van der Waals surface area contributed by atoms with Crippen LogP contribution < -0.4 is 10.6 Å². The molecule has 2 N–H and O–H groups in total. The van der Waals surface area contributed by atoms with Gasteiger partial charge in [-0.1, -0.05) is 30.3 Å². The SMILES string of the molecule is Cc1ccc(C(=O)N2C[C@@H]3CN(c4cc(N)ncn4)C[C@@H]3[C@H]2c2ccccc2)cn1. The first-order valence-corrected chi connectivity index (χ1v) is 10.2. The third-order valence-corrected chi connectivity index (χ3v) is 6.22. The van der Waals surface area contributed by atoms with Gasteiger partial charge in [-0.3, -0.25) is 9.78 Å². The van der Waals surface area contributed by atoms with Gasteiger partial charge in [-0.25, -0.2) is 9.97 Å². The maximum absolute atomic E-state index is 13.4. The lowest BCUT2D eigenvalue weighted by Crippen LogP contribution is -2.36. The van der Waals surface area contributed by atoms with E-state index in [0.29, 0.717) is 29.8 Å². The van der Waals surface area contributed by atoms with Gasteiger partial charge in [-0.05, 0) is 24.6 Å². The zero-order valence-corrected chi connectivity index (χ0v) is 16.8. The molecule has 30 heavy (non-hydrogen) atoms. The van der Waals surface area contributed by atoms with E-state index in [9.17, 15) is 4.79 Å². The molecule has 7 nitrogen and oxygen atoms in total. The highest BCUT2D eigenvalue weighted by Gasteiger charge is 2.49. The zero-order valence-electron chi connectivity index (χ0n) is 16.8. The number of hydrogen-bond donors (Lipinski definition) is 1. The Hall–Kier alpha value is -3.48. The van der Waals surface area contributed by atoms with Gasteiger partial charge in [0, 0.05) is 49.4 Å². The second-order valence-corrected chi connectivity index (χ2v) is 8.13. The minimum Gasteiger partial charge on any atom is -0.384 e. The van der Waals surface area contributed by atoms with Gasteiger partial charge >= 0.3 is 0 Å². The molecule has 4 heterocycles. The van der Waals surface area contributed by atoms with Gasteiger partial charge in [-0.2, -0.15) is 0 Å². The first kappa shape index (κ1) is 18.5. The molecule has 3 aromatic rings. The highest BCUT2D eigenvalue weighted by molar-refractivity contribution is 5.94. The summed E-state index contributed by atoms with van der Waals surface area (Å²) in [6, 6.07) is 15.9. The number of aryl methyl sites for hydroxylation is 1. The van der Waals surface area contributed by atoms with Crippen LogP contribution in [0.15, 0.2) is 61.1 Å². The molecule has 1 aromatic carbocycles. The summed E-state index contributed by atoms with van der Waals surface area (Å²) in [5, 5.41) is 0. The fourth-order valence-electron chi connectivity index (χ4n) is 4.81. The number of aromatic nitrogens is 3. The predicted octanol–water partition coefficient (Wildman–Crippen LogP) is 2.71. The van der Waals surface area contributed by atoms with E-state index in [1.165, 1.54) is 11.9 Å². The molecule has 7 heteroatoms. The quantitative estimate of drug-likeness (QED) is 0.727. The molecule has 0 aliphatic carbocycles. The van der Waals surface area contributed by atoms with Gasteiger partial charge < -0.3 is 15.5 Å². The van der Waals surface area contributed by atoms with Crippen LogP contribution in [0.5, 0.6) is 0 Å². The molecule has 0 saturated carbocycles. The van der Waals surface area contributed by atoms with Gasteiger partial charge in [0.1, 0.15) is 18.0 Å². The van der Waals surface area contributed by atoms with Gasteiger partial charge in [0.25, 0.3) is 5.91 Å². The van der Waals surface area contributed by atoms with Gasteiger partial charge in [0.2, 0.25) is 0 Å². The van der Waals surface area contributed by atoms with Crippen LogP contribution in [0.3, 0.4) is 0 Å². The molecule has 0 bridgehead atoms. The van der Waals surface area contributed by atoms with Crippen LogP contribution in [0.2, 0.25) is 0 Å². The summed E-state index contributed by atoms with van der Waals surface area (Å²) in [5.41, 5.74) is 8.58. The van der Waals surface area contributed by atoms with Crippen molar-refractivity contribution in [3.63, 3.8) is 0 Å². The highest BCUT2D eigenvalue weighted by Crippen LogP contribution is 2.46. The molecule has 2 saturated heterocycles. The molecule has 0 radical (unpaired) electrons. The van der Waals surface area contributed by atoms with Crippen molar-refractivity contribution in [3.8, 4) is 0 Å². The van der Waals surface area contributed by atoms with E-state index in [0.717, 1.165) is 24.6 Å². The number of benzene rings is 1. The average molecular weight is 400 g/mol. The molecule has 2 aromatic heterocycles. The number of nitrogens with zero attached hydrogens (tertiary/aromatic N) is 5. The standard InChI is InChI=1S/C23H24N6O/c1-15-7-8-17(10-25-15)23(30)29-12-18-11-28(21-9-20(24)26-14-27-21)13-19(18)22(29)16-5-3-2-4-6-16/h2-10,14,18-19,22H,11-13H2,1H3,(H2,24,26,27)/t18-,19-,22+/m0/s1. The van der Waals surface area contributed by atoms with E-state index in [4.69, 9.17) is 5.73 Å². The van der Waals surface area contributed by atoms with Crippen LogP contribution in [-0.4, -0.2) is 45.4 Å². The van der Waals surface area contributed by atoms with Crippen molar-refractivity contribution in [2.45, 2.75) is 13.0 Å². The van der Waals surface area contributed by atoms with E-state index < -0.39 is 0 Å². The number of nitrogens with two attached hydrogens (primary N) is 1. The zero-order chi connectivity index (χ0) is 20.7. The normalized spacial score (nSPS) is 22.9. The second-order valence-electron chi connectivity index (χ2n) is 8.13. The van der Waals surface area contributed by atoms with Crippen LogP contribution in [0.4, 0.5) is 11.6 Å². The van der Waals surface area contributed by atoms with Crippen molar-refractivity contribution < 1.29 is 4.79 Å². The number of pyridine rings is 1. The Morgan fingerprint density at radius 2 is 1.87 bits per heavy atom. The minimum atomic E-state index is 0.0224. The van der Waals surface area contributed by atoms with E-state index in [-0.39, 0.29) is 11.9 Å². The number of carbonyl (C=O) groups excluding carboxylic acids is 1. The summed E-state index contributed by atoms with van der Waals surface area (Å²) in [6.45, 7) is 4.32. The fraction of sp³-hybridized carbons (Fsp3) is 0.304. The molecule has 152 valence electrons. The third kappa shape index (κ3) is 3.26. The molecule has 2 aliphatic rings. The van der Waals surface area contributed by atoms with E-state index in [1.807, 2.05) is 48.2 Å². The topological polar surface area (TPSA) is 88.2 Å². The maximum Gasteiger partial charge on any atom is 0.255 e. The van der Waals surface area contributed by atoms with Crippen molar-refractivity contribution >= 4 is 17.5 Å². The van der Waals surface area contributed by atoms with Crippen LogP contribution in [-0.2, 0) is 0 Å². The Balaban J connectivity index is 1.46. The summed E-state index contributed by atoms with van der Waals surface area (Å²) in [4.78, 5) is 30.4. The smallest absolute Gasteiger partial charge is 0.255 e. The largest absolute Gasteiger partial charge is 0.384 e. The Kier molecular flexibility index (Phi) is 4.58. The van der Waals surface area contributed by atoms with Crippen molar-refractivity contribution in [1.82, 2.24) is 19.9 Å². The molecule has 5 rings (SSSR count). The minimum absolute atomic E-state index is 0.0224. The van der Waals surface area contributed by atoms with Gasteiger partial charge in [0.05, 0.1) is 11.6 Å². The van der Waals surface area contributed by atoms with Crippen LogP contribution in [0, 0.1) is 18.8 Å². The van der Waals surface area contributed by atoms with Crippen molar-refractivity contribution in [2.75, 3.05) is 30.3 Å². The second kappa shape index (κ2) is 7.40. The molecular weight excluding hydrogens is 376 g/mol. The monoisotopic (exact) mass is 400 g/mol. The highest BCUT2D eigenvalue weighted by atomic mass is 16.2. The van der Waals surface area contributed by atoms with Crippen LogP contribution in [0.25, 0.3) is 0 Å². The molecule has 2 aliphatic heterocycles. The predicted molar refractivity (Wildman–Crippen MR) is 115 cm³/mol. The van der Waals surface area contributed by atoms with Crippen molar-refractivity contribution in [1.29, 1.82) is 0 Å². The molecule has 3 atom stereocenters. The average Bonchev–Trinajstić information content (AvgIpc) is 3.32. The molecule has 2 fully saturated rings. The number of likely N-dealkylation sites (tertiary alicyclic amines) is 1. The molecular formula is C23H24N6O. The fourth-order valence-corrected chi connectivity index (χ4v) is 4.81. The lowest BCUT2D eigenvalue weighted by Gasteiger charge is -2.30. The van der Waals surface area contributed by atoms with Crippen LogP contribution >= 0.6 is 0 Å². The van der Waals surface area contributed by atoms with Crippen molar-refractivity contribution in [3.05, 3.63) is 77.9 Å². The summed E-state index contributed by atoms with van der Waals surface area (Å²) < 4.78 is 0. The third-order valence-electron chi connectivity index (χ3n) is 6.22. The lowest BCUT2D eigenvalue weighted by molar-refractivity contribution is 0.0715. The summed E-state index contributed by atoms with van der Waals surface area (Å²) in [5.74, 6) is 2.06. The molecule has 0 spiro atoms. The van der Waals surface area contributed by atoms with E-state index >= 15 is 0 Å². The Labute approximate surface area is 175 Å². The number of rotatable bonds is 3. The molecule has 0 unspecified atom stereocenters. The Morgan fingerprint density at radius 3 is 2.60 bits per heavy atom. The number of carbonyl (C=O) groups is 1. The molecule has 1 amide bonds. The van der Waals surface area contributed by atoms with Crippen LogP contribution in [0.1, 0.15) is 27.7 Å². The summed E-state index contributed by atoms with van der Waals surface area (Å²) in [7, 11) is 0. The maximum atomic E-state index is 13.4.